The first-order chi connectivity index (χ1) is 13.1. The summed E-state index contributed by atoms with van der Waals surface area (Å²) in [7, 11) is 1.67. The number of nitrogens with one attached hydrogen (secondary N) is 3. The van der Waals surface area contributed by atoms with E-state index in [4.69, 9.17) is 0 Å². The molecule has 1 aromatic carbocycles. The molecule has 0 aliphatic carbocycles. The van der Waals surface area contributed by atoms with Crippen molar-refractivity contribution in [3.8, 4) is 0 Å². The Kier molecular flexibility index (Phi) is 12.1. The van der Waals surface area contributed by atoms with Gasteiger partial charge in [0.25, 0.3) is 0 Å². The minimum absolute atomic E-state index is 0. The molecule has 0 unspecified atom stereocenters. The molecular formula is C20H33FIN5O. The second kappa shape index (κ2) is 13.7. The van der Waals surface area contributed by atoms with Gasteiger partial charge in [-0.25, -0.2) is 4.39 Å². The van der Waals surface area contributed by atoms with Crippen LogP contribution in [0.25, 0.3) is 0 Å². The number of hydrogen-bond acceptors (Lipinski definition) is 3. The van der Waals surface area contributed by atoms with E-state index in [1.165, 1.54) is 6.07 Å². The van der Waals surface area contributed by atoms with Crippen molar-refractivity contribution >= 4 is 35.8 Å². The Labute approximate surface area is 184 Å². The van der Waals surface area contributed by atoms with Crippen molar-refractivity contribution in [3.05, 3.63) is 35.6 Å². The summed E-state index contributed by atoms with van der Waals surface area (Å²) in [6.07, 6.45) is 3.68. The number of carbonyl (C=O) groups excluding carboxylic acids is 1. The number of guanidine groups is 1. The summed E-state index contributed by atoms with van der Waals surface area (Å²) in [5.74, 6) is 0.713. The molecule has 1 saturated heterocycles. The second-order valence-corrected chi connectivity index (χ2v) is 6.86. The van der Waals surface area contributed by atoms with Gasteiger partial charge < -0.3 is 16.0 Å². The van der Waals surface area contributed by atoms with Crippen LogP contribution in [-0.2, 0) is 11.2 Å². The van der Waals surface area contributed by atoms with Crippen molar-refractivity contribution in [1.29, 1.82) is 0 Å². The maximum Gasteiger partial charge on any atom is 0.233 e. The fraction of sp³-hybridized carbons (Fsp3) is 0.600. The Morgan fingerprint density at radius 2 is 2.07 bits per heavy atom. The van der Waals surface area contributed by atoms with Crippen LogP contribution in [0.4, 0.5) is 4.39 Å². The predicted molar refractivity (Wildman–Crippen MR) is 123 cm³/mol. The van der Waals surface area contributed by atoms with Crippen LogP contribution < -0.4 is 16.0 Å². The summed E-state index contributed by atoms with van der Waals surface area (Å²) < 4.78 is 13.2. The van der Waals surface area contributed by atoms with E-state index >= 15 is 0 Å². The van der Waals surface area contributed by atoms with Gasteiger partial charge in [-0.3, -0.25) is 14.7 Å². The van der Waals surface area contributed by atoms with Gasteiger partial charge in [0.05, 0.1) is 6.54 Å². The number of likely N-dealkylation sites (tertiary alicyclic amines) is 1. The first-order valence-electron chi connectivity index (χ1n) is 9.83. The van der Waals surface area contributed by atoms with E-state index in [1.807, 2.05) is 6.07 Å². The number of aryl methyl sites for hydroxylation is 1. The number of amides is 1. The topological polar surface area (TPSA) is 68.8 Å². The summed E-state index contributed by atoms with van der Waals surface area (Å²) in [6, 6.07) is 7.11. The van der Waals surface area contributed by atoms with Crippen molar-refractivity contribution < 1.29 is 9.18 Å². The predicted octanol–water partition coefficient (Wildman–Crippen LogP) is 2.14. The Morgan fingerprint density at radius 3 is 2.71 bits per heavy atom. The number of benzene rings is 1. The van der Waals surface area contributed by atoms with E-state index in [0.717, 1.165) is 56.8 Å². The average molecular weight is 505 g/mol. The van der Waals surface area contributed by atoms with Crippen LogP contribution in [0.2, 0.25) is 0 Å². The van der Waals surface area contributed by atoms with Crippen molar-refractivity contribution in [3.63, 3.8) is 0 Å². The van der Waals surface area contributed by atoms with Crippen molar-refractivity contribution in [2.24, 2.45) is 4.99 Å². The molecule has 0 spiro atoms. The van der Waals surface area contributed by atoms with Gasteiger partial charge in [-0.05, 0) is 50.3 Å². The van der Waals surface area contributed by atoms with Crippen LogP contribution in [-0.4, -0.2) is 62.6 Å². The lowest BCUT2D eigenvalue weighted by Crippen LogP contribution is -2.50. The SMILES string of the molecule is CCNC(=NCCCc1cccc(F)c1)NC1CCN(CC(=O)NC)CC1.I. The van der Waals surface area contributed by atoms with Crippen LogP contribution in [0.5, 0.6) is 0 Å². The monoisotopic (exact) mass is 505 g/mol. The molecule has 28 heavy (non-hydrogen) atoms. The van der Waals surface area contributed by atoms with Crippen molar-refractivity contribution in [2.45, 2.75) is 38.6 Å². The normalized spacial score (nSPS) is 15.6. The molecule has 8 heteroatoms. The number of piperidine rings is 1. The lowest BCUT2D eigenvalue weighted by Gasteiger charge is -2.32. The standard InChI is InChI=1S/C20H32FN5O.HI/c1-3-23-20(24-11-5-7-16-6-4-8-17(21)14-16)25-18-9-12-26(13-10-18)15-19(27)22-2;/h4,6,8,14,18H,3,5,7,9-13,15H2,1-2H3,(H,22,27)(H2,23,24,25);1H. The van der Waals surface area contributed by atoms with Crippen LogP contribution in [0.15, 0.2) is 29.3 Å². The van der Waals surface area contributed by atoms with Crippen LogP contribution in [0.1, 0.15) is 31.7 Å². The third-order valence-electron chi connectivity index (χ3n) is 4.70. The fourth-order valence-corrected chi connectivity index (χ4v) is 3.20. The van der Waals surface area contributed by atoms with Crippen LogP contribution in [0, 0.1) is 5.82 Å². The highest BCUT2D eigenvalue weighted by molar-refractivity contribution is 14.0. The van der Waals surface area contributed by atoms with Gasteiger partial charge in [0.1, 0.15) is 5.82 Å². The number of aliphatic imine (C=N–C) groups is 1. The number of halogens is 2. The molecule has 1 aliphatic heterocycles. The molecule has 0 radical (unpaired) electrons. The lowest BCUT2D eigenvalue weighted by atomic mass is 10.1. The number of hydrogen-bond donors (Lipinski definition) is 3. The maximum absolute atomic E-state index is 13.2. The van der Waals surface area contributed by atoms with Gasteiger partial charge in [0, 0.05) is 39.3 Å². The van der Waals surface area contributed by atoms with Gasteiger partial charge in [0.2, 0.25) is 5.91 Å². The highest BCUT2D eigenvalue weighted by atomic mass is 127. The molecule has 1 aromatic rings. The molecule has 0 bridgehead atoms. The fourth-order valence-electron chi connectivity index (χ4n) is 3.20. The number of nitrogens with zero attached hydrogens (tertiary/aromatic N) is 2. The molecule has 0 atom stereocenters. The van der Waals surface area contributed by atoms with Gasteiger partial charge >= 0.3 is 0 Å². The molecule has 6 nitrogen and oxygen atoms in total. The van der Waals surface area contributed by atoms with E-state index in [9.17, 15) is 9.18 Å². The zero-order valence-electron chi connectivity index (χ0n) is 16.8. The van der Waals surface area contributed by atoms with Crippen molar-refractivity contribution in [1.82, 2.24) is 20.9 Å². The molecule has 0 saturated carbocycles. The largest absolute Gasteiger partial charge is 0.358 e. The first-order valence-corrected chi connectivity index (χ1v) is 9.83. The van der Waals surface area contributed by atoms with Gasteiger partial charge in [-0.1, -0.05) is 12.1 Å². The molecule has 1 fully saturated rings. The minimum atomic E-state index is -0.186. The molecule has 158 valence electrons. The maximum atomic E-state index is 13.2. The second-order valence-electron chi connectivity index (χ2n) is 6.86. The Balaban J connectivity index is 0.00000392. The Bertz CT molecular complexity index is 620. The molecule has 1 heterocycles. The summed E-state index contributed by atoms with van der Waals surface area (Å²) in [5, 5.41) is 9.47. The lowest BCUT2D eigenvalue weighted by molar-refractivity contribution is -0.122. The molecule has 1 amide bonds. The minimum Gasteiger partial charge on any atom is -0.358 e. The number of likely N-dealkylation sites (N-methyl/N-ethyl adjacent to an activating group) is 1. The van der Waals surface area contributed by atoms with E-state index < -0.39 is 0 Å². The van der Waals surface area contributed by atoms with E-state index in [0.29, 0.717) is 19.1 Å². The zero-order valence-corrected chi connectivity index (χ0v) is 19.2. The van der Waals surface area contributed by atoms with Gasteiger partial charge in [-0.15, -0.1) is 24.0 Å². The highest BCUT2D eigenvalue weighted by Gasteiger charge is 2.21. The summed E-state index contributed by atoms with van der Waals surface area (Å²) in [4.78, 5) is 18.3. The quantitative estimate of drug-likeness (QED) is 0.219. The molecular weight excluding hydrogens is 472 g/mol. The van der Waals surface area contributed by atoms with Crippen LogP contribution >= 0.6 is 24.0 Å². The Morgan fingerprint density at radius 1 is 1.32 bits per heavy atom. The smallest absolute Gasteiger partial charge is 0.233 e. The van der Waals surface area contributed by atoms with E-state index in [1.54, 1.807) is 19.2 Å². The summed E-state index contributed by atoms with van der Waals surface area (Å²) in [5.41, 5.74) is 1.01. The summed E-state index contributed by atoms with van der Waals surface area (Å²) >= 11 is 0. The van der Waals surface area contributed by atoms with Gasteiger partial charge in [0.15, 0.2) is 5.96 Å². The molecule has 1 aliphatic rings. The number of carbonyl (C=O) groups is 1. The third-order valence-corrected chi connectivity index (χ3v) is 4.70. The zero-order chi connectivity index (χ0) is 19.5. The summed E-state index contributed by atoms with van der Waals surface area (Å²) in [6.45, 7) is 5.84. The third kappa shape index (κ3) is 9.18. The van der Waals surface area contributed by atoms with Crippen LogP contribution in [0.3, 0.4) is 0 Å². The first kappa shape index (κ1) is 24.6. The van der Waals surface area contributed by atoms with Gasteiger partial charge in [-0.2, -0.15) is 0 Å². The van der Waals surface area contributed by atoms with Crippen molar-refractivity contribution in [2.75, 3.05) is 39.8 Å². The average Bonchev–Trinajstić information content (AvgIpc) is 2.67. The Hall–Kier alpha value is -1.42. The van der Waals surface area contributed by atoms with E-state index in [-0.39, 0.29) is 35.7 Å². The molecule has 0 aromatic heterocycles. The number of rotatable bonds is 8. The highest BCUT2D eigenvalue weighted by Crippen LogP contribution is 2.10. The molecule has 3 N–H and O–H groups in total. The molecule has 2 rings (SSSR count). The van der Waals surface area contributed by atoms with E-state index in [2.05, 4.69) is 32.8 Å².